The van der Waals surface area contributed by atoms with Crippen molar-refractivity contribution >= 4 is 60.4 Å². The molecule has 1 heterocycles. The molecular formula is C57H36N2. The minimum atomic E-state index is -0.468. The quantitative estimate of drug-likeness (QED) is 0.170. The summed E-state index contributed by atoms with van der Waals surface area (Å²) in [6.07, 6.45) is 0. The van der Waals surface area contributed by atoms with Crippen molar-refractivity contribution in [2.45, 2.75) is 5.41 Å². The molecule has 0 aliphatic heterocycles. The second-order valence-electron chi connectivity index (χ2n) is 16.0. The highest BCUT2D eigenvalue weighted by atomic mass is 15.1. The smallest absolute Gasteiger partial charge is 0.0726 e. The summed E-state index contributed by atoms with van der Waals surface area (Å²) in [5.74, 6) is 0. The molecule has 59 heavy (non-hydrogen) atoms. The van der Waals surface area contributed by atoms with Crippen LogP contribution in [-0.4, -0.2) is 4.57 Å². The van der Waals surface area contributed by atoms with Crippen molar-refractivity contribution in [2.75, 3.05) is 4.90 Å². The Labute approximate surface area is 342 Å². The molecule has 0 amide bonds. The number of anilines is 3. The molecule has 2 aliphatic carbocycles. The van der Waals surface area contributed by atoms with Gasteiger partial charge in [0.2, 0.25) is 0 Å². The van der Waals surface area contributed by atoms with Gasteiger partial charge in [0.05, 0.1) is 22.1 Å². The highest BCUT2D eigenvalue weighted by Gasteiger charge is 2.50. The topological polar surface area (TPSA) is 8.17 Å². The van der Waals surface area contributed by atoms with E-state index in [9.17, 15) is 0 Å². The number of para-hydroxylation sites is 3. The van der Waals surface area contributed by atoms with Gasteiger partial charge in [-0.1, -0.05) is 158 Å². The fraction of sp³-hybridized carbons (Fsp3) is 0.0175. The number of hydrogen-bond donors (Lipinski definition) is 0. The van der Waals surface area contributed by atoms with E-state index in [1.807, 2.05) is 0 Å². The lowest BCUT2D eigenvalue weighted by Crippen LogP contribution is -2.30. The Hall–Kier alpha value is -7.68. The van der Waals surface area contributed by atoms with E-state index in [2.05, 4.69) is 228 Å². The number of aromatic nitrogens is 1. The highest BCUT2D eigenvalue weighted by molar-refractivity contribution is 6.28. The monoisotopic (exact) mass is 748 g/mol. The normalized spacial score (nSPS) is 13.2. The van der Waals surface area contributed by atoms with E-state index < -0.39 is 5.41 Å². The molecule has 2 nitrogen and oxygen atoms in total. The molecule has 0 saturated heterocycles. The predicted octanol–water partition coefficient (Wildman–Crippen LogP) is 14.9. The van der Waals surface area contributed by atoms with Crippen LogP contribution in [0.3, 0.4) is 0 Å². The molecule has 11 aromatic rings. The lowest BCUT2D eigenvalue weighted by molar-refractivity contribution is 0.783. The van der Waals surface area contributed by atoms with Gasteiger partial charge in [0.1, 0.15) is 0 Å². The third-order valence-electron chi connectivity index (χ3n) is 13.1. The van der Waals surface area contributed by atoms with Crippen LogP contribution in [0.15, 0.2) is 218 Å². The highest BCUT2D eigenvalue weighted by Crippen LogP contribution is 2.62. The van der Waals surface area contributed by atoms with Crippen LogP contribution in [0.5, 0.6) is 0 Å². The largest absolute Gasteiger partial charge is 0.310 e. The molecule has 0 unspecified atom stereocenters. The van der Waals surface area contributed by atoms with Crippen LogP contribution in [0.25, 0.3) is 71.3 Å². The maximum Gasteiger partial charge on any atom is 0.0726 e. The molecule has 274 valence electrons. The van der Waals surface area contributed by atoms with E-state index in [1.54, 1.807) is 0 Å². The van der Waals surface area contributed by atoms with Crippen LogP contribution in [-0.2, 0) is 5.41 Å². The molecule has 2 heteroatoms. The first kappa shape index (κ1) is 32.4. The van der Waals surface area contributed by atoms with Crippen LogP contribution in [0.1, 0.15) is 22.3 Å². The summed E-state index contributed by atoms with van der Waals surface area (Å²) in [6.45, 7) is 0. The maximum atomic E-state index is 2.48. The van der Waals surface area contributed by atoms with Crippen molar-refractivity contribution in [3.8, 4) is 27.9 Å². The molecule has 13 rings (SSSR count). The van der Waals surface area contributed by atoms with Gasteiger partial charge in [0, 0.05) is 33.2 Å². The third-order valence-corrected chi connectivity index (χ3v) is 13.1. The van der Waals surface area contributed by atoms with Gasteiger partial charge in [0.15, 0.2) is 0 Å². The Kier molecular flexibility index (Phi) is 6.68. The van der Waals surface area contributed by atoms with Crippen LogP contribution in [0.4, 0.5) is 17.1 Å². The molecule has 0 saturated carbocycles. The molecule has 0 fully saturated rings. The summed E-state index contributed by atoms with van der Waals surface area (Å²) >= 11 is 0. The van der Waals surface area contributed by atoms with Crippen molar-refractivity contribution in [1.82, 2.24) is 4.57 Å². The van der Waals surface area contributed by atoms with Gasteiger partial charge in [-0.2, -0.15) is 0 Å². The van der Waals surface area contributed by atoms with Gasteiger partial charge in [-0.3, -0.25) is 0 Å². The first-order chi connectivity index (χ1) is 29.3. The number of rotatable bonds is 5. The summed E-state index contributed by atoms with van der Waals surface area (Å²) in [4.78, 5) is 2.37. The van der Waals surface area contributed by atoms with Crippen molar-refractivity contribution in [3.05, 3.63) is 241 Å². The van der Waals surface area contributed by atoms with Gasteiger partial charge in [0.25, 0.3) is 0 Å². The van der Waals surface area contributed by atoms with Crippen LogP contribution >= 0.6 is 0 Å². The van der Waals surface area contributed by atoms with Gasteiger partial charge < -0.3 is 9.47 Å². The van der Waals surface area contributed by atoms with Gasteiger partial charge in [-0.05, 0) is 121 Å². The number of fused-ring (bicyclic) bond motifs is 8. The Bertz CT molecular complexity index is 3400. The van der Waals surface area contributed by atoms with Crippen molar-refractivity contribution in [2.24, 2.45) is 0 Å². The standard InChI is InChI=1S/C57H36N2/c1-4-17-39(18-5-1)58(40-19-6-2-7-20-40)51-28-14-16-37-36-38(30-31-43(37)51)42-32-34-50-54-46(42)33-35-53-56(54)55-49(27-15-29-52(55)59(53)41-21-8-3-9-22-41)57(50)47-25-12-10-23-44(47)45-24-11-13-26-48(45)57/h1-36H. The lowest BCUT2D eigenvalue weighted by Gasteiger charge is -2.38. The van der Waals surface area contributed by atoms with E-state index in [1.165, 1.54) is 93.5 Å². The molecule has 0 radical (unpaired) electrons. The zero-order valence-electron chi connectivity index (χ0n) is 32.2. The number of nitrogens with zero attached hydrogens (tertiary/aromatic N) is 2. The lowest BCUT2D eigenvalue weighted by atomic mass is 9.63. The molecule has 1 aromatic heterocycles. The van der Waals surface area contributed by atoms with Crippen molar-refractivity contribution in [3.63, 3.8) is 0 Å². The number of benzene rings is 10. The fourth-order valence-electron chi connectivity index (χ4n) is 10.9. The molecule has 0 N–H and O–H groups in total. The fourth-order valence-corrected chi connectivity index (χ4v) is 10.9. The second kappa shape index (κ2) is 12.2. The number of hydrogen-bond acceptors (Lipinski definition) is 1. The minimum absolute atomic E-state index is 0.468. The van der Waals surface area contributed by atoms with Crippen LogP contribution in [0.2, 0.25) is 0 Å². The Morgan fingerprint density at radius 2 is 0.932 bits per heavy atom. The van der Waals surface area contributed by atoms with Crippen molar-refractivity contribution < 1.29 is 0 Å². The summed E-state index contributed by atoms with van der Waals surface area (Å²) in [5, 5.41) is 7.73. The first-order valence-electron chi connectivity index (χ1n) is 20.5. The maximum absolute atomic E-state index is 2.48. The van der Waals surface area contributed by atoms with Gasteiger partial charge >= 0.3 is 0 Å². The van der Waals surface area contributed by atoms with Crippen LogP contribution < -0.4 is 4.90 Å². The SMILES string of the molecule is c1ccc(N(c2ccccc2)c2cccc3cc(-c4ccc5c6c4ccc4c6c6c(cccc6n4-c4ccccc4)C54c5ccccc5-c5ccccc54)ccc23)cc1. The van der Waals surface area contributed by atoms with Gasteiger partial charge in [-0.15, -0.1) is 0 Å². The van der Waals surface area contributed by atoms with E-state index in [4.69, 9.17) is 0 Å². The molecule has 2 aliphatic rings. The summed E-state index contributed by atoms with van der Waals surface area (Å²) in [6, 6.07) is 80.9. The van der Waals surface area contributed by atoms with E-state index in [-0.39, 0.29) is 0 Å². The molecule has 0 atom stereocenters. The zero-order chi connectivity index (χ0) is 38.7. The molecule has 1 spiro atoms. The van der Waals surface area contributed by atoms with Crippen LogP contribution in [0, 0.1) is 0 Å². The van der Waals surface area contributed by atoms with E-state index in [0.717, 1.165) is 17.1 Å². The Balaban J connectivity index is 1.11. The minimum Gasteiger partial charge on any atom is -0.310 e. The third kappa shape index (κ3) is 4.30. The molecule has 10 aromatic carbocycles. The average Bonchev–Trinajstić information content (AvgIpc) is 3.80. The predicted molar refractivity (Wildman–Crippen MR) is 247 cm³/mol. The summed E-state index contributed by atoms with van der Waals surface area (Å²) in [7, 11) is 0. The molecular weight excluding hydrogens is 713 g/mol. The second-order valence-corrected chi connectivity index (χ2v) is 16.0. The average molecular weight is 749 g/mol. The van der Waals surface area contributed by atoms with E-state index >= 15 is 0 Å². The summed E-state index contributed by atoms with van der Waals surface area (Å²) in [5.41, 5.74) is 17.1. The Morgan fingerprint density at radius 1 is 0.356 bits per heavy atom. The first-order valence-corrected chi connectivity index (χ1v) is 20.5. The van der Waals surface area contributed by atoms with E-state index in [0.29, 0.717) is 0 Å². The van der Waals surface area contributed by atoms with Gasteiger partial charge in [-0.25, -0.2) is 0 Å². The molecule has 0 bridgehead atoms. The summed E-state index contributed by atoms with van der Waals surface area (Å²) < 4.78 is 2.48. The zero-order valence-corrected chi connectivity index (χ0v) is 32.2. The Morgan fingerprint density at radius 3 is 1.64 bits per heavy atom. The van der Waals surface area contributed by atoms with Crippen molar-refractivity contribution in [1.29, 1.82) is 0 Å².